The Morgan fingerprint density at radius 2 is 2.26 bits per heavy atom. The van der Waals surface area contributed by atoms with Crippen molar-refractivity contribution in [3.8, 4) is 11.5 Å². The quantitative estimate of drug-likeness (QED) is 0.445. The Balaban J connectivity index is 1.44. The van der Waals surface area contributed by atoms with Crippen LogP contribution in [0.4, 0.5) is 5.69 Å². The summed E-state index contributed by atoms with van der Waals surface area (Å²) in [5.41, 5.74) is 4.66. The van der Waals surface area contributed by atoms with Crippen molar-refractivity contribution >= 4 is 35.0 Å². The number of benzene rings is 1. The summed E-state index contributed by atoms with van der Waals surface area (Å²) in [5, 5.41) is 19.5. The van der Waals surface area contributed by atoms with Crippen molar-refractivity contribution in [1.82, 2.24) is 25.1 Å². The van der Waals surface area contributed by atoms with Crippen LogP contribution < -0.4 is 11.2 Å². The van der Waals surface area contributed by atoms with E-state index in [0.29, 0.717) is 21.7 Å². The highest BCUT2D eigenvalue weighted by molar-refractivity contribution is 7.99. The van der Waals surface area contributed by atoms with Crippen LogP contribution in [-0.2, 0) is 17.6 Å². The number of fused-ring (bicyclic) bond motifs is 1. The molecule has 8 nitrogen and oxygen atoms in total. The van der Waals surface area contributed by atoms with Crippen molar-refractivity contribution in [3.63, 3.8) is 0 Å². The molecular formula is C17H18ClN7OS. The standard InChI is InChI=1S/C17H18ClN7OS/c1-9-5-6-10(18)7-13(9)20-14(26)8-27-17-24-23-16(25(17)19)15-11-3-2-4-12(11)21-22-15/h5-7H,2-4,8,19H2,1H3,(H,20,26)(H,21,22). The van der Waals surface area contributed by atoms with Gasteiger partial charge in [0.15, 0.2) is 0 Å². The lowest BCUT2D eigenvalue weighted by atomic mass is 10.2. The second-order valence-electron chi connectivity index (χ2n) is 6.36. The monoisotopic (exact) mass is 403 g/mol. The average molecular weight is 404 g/mol. The van der Waals surface area contributed by atoms with Crippen molar-refractivity contribution in [2.45, 2.75) is 31.3 Å². The second-order valence-corrected chi connectivity index (χ2v) is 7.73. The van der Waals surface area contributed by atoms with Crippen LogP contribution in [0.1, 0.15) is 23.2 Å². The van der Waals surface area contributed by atoms with Crippen molar-refractivity contribution in [3.05, 3.63) is 40.0 Å². The summed E-state index contributed by atoms with van der Waals surface area (Å²) in [4.78, 5) is 12.3. The first kappa shape index (κ1) is 17.9. The van der Waals surface area contributed by atoms with Crippen molar-refractivity contribution < 1.29 is 4.79 Å². The third-order valence-electron chi connectivity index (χ3n) is 4.49. The molecule has 140 valence electrons. The van der Waals surface area contributed by atoms with E-state index in [0.717, 1.165) is 41.8 Å². The fourth-order valence-corrected chi connectivity index (χ4v) is 3.92. The number of hydrogen-bond acceptors (Lipinski definition) is 6. The van der Waals surface area contributed by atoms with Gasteiger partial charge in [0, 0.05) is 22.0 Å². The number of carbonyl (C=O) groups excluding carboxylic acids is 1. The summed E-state index contributed by atoms with van der Waals surface area (Å²) in [6.45, 7) is 1.91. The van der Waals surface area contributed by atoms with E-state index >= 15 is 0 Å². The van der Waals surface area contributed by atoms with E-state index in [-0.39, 0.29) is 11.7 Å². The fourth-order valence-electron chi connectivity index (χ4n) is 3.09. The molecule has 10 heteroatoms. The Hall–Kier alpha value is -2.52. The van der Waals surface area contributed by atoms with Crippen LogP contribution in [0.25, 0.3) is 11.5 Å². The van der Waals surface area contributed by atoms with Gasteiger partial charge in [-0.2, -0.15) is 5.10 Å². The van der Waals surface area contributed by atoms with Gasteiger partial charge in [0.2, 0.25) is 16.9 Å². The summed E-state index contributed by atoms with van der Waals surface area (Å²) < 4.78 is 1.39. The third-order valence-corrected chi connectivity index (χ3v) is 5.67. The molecule has 4 N–H and O–H groups in total. The van der Waals surface area contributed by atoms with E-state index in [4.69, 9.17) is 17.4 Å². The molecular weight excluding hydrogens is 386 g/mol. The Morgan fingerprint density at radius 3 is 3.11 bits per heavy atom. The molecule has 1 aliphatic carbocycles. The zero-order valence-corrected chi connectivity index (χ0v) is 16.2. The molecule has 1 aliphatic rings. The van der Waals surface area contributed by atoms with Gasteiger partial charge in [-0.3, -0.25) is 9.89 Å². The number of aromatic amines is 1. The SMILES string of the molecule is Cc1ccc(Cl)cc1NC(=O)CSc1nnc(-c2n[nH]c3c2CCC3)n1N. The first-order valence-corrected chi connectivity index (χ1v) is 9.85. The van der Waals surface area contributed by atoms with Crippen molar-refractivity contribution in [2.24, 2.45) is 0 Å². The number of rotatable bonds is 5. The predicted octanol–water partition coefficient (Wildman–Crippen LogP) is 2.56. The normalized spacial score (nSPS) is 13.0. The zero-order chi connectivity index (χ0) is 19.0. The lowest BCUT2D eigenvalue weighted by Crippen LogP contribution is -2.17. The maximum Gasteiger partial charge on any atom is 0.234 e. The van der Waals surface area contributed by atoms with Crippen LogP contribution in [0, 0.1) is 6.92 Å². The molecule has 2 heterocycles. The van der Waals surface area contributed by atoms with Crippen molar-refractivity contribution in [2.75, 3.05) is 16.9 Å². The van der Waals surface area contributed by atoms with Crippen molar-refractivity contribution in [1.29, 1.82) is 0 Å². The molecule has 3 aromatic rings. The maximum absolute atomic E-state index is 12.3. The molecule has 0 bridgehead atoms. The summed E-state index contributed by atoms with van der Waals surface area (Å²) in [6.07, 6.45) is 3.05. The Bertz CT molecular complexity index is 1010. The van der Waals surface area contributed by atoms with Crippen LogP contribution in [0.3, 0.4) is 0 Å². The molecule has 1 amide bonds. The maximum atomic E-state index is 12.3. The summed E-state index contributed by atoms with van der Waals surface area (Å²) in [5.74, 6) is 6.62. The van der Waals surface area contributed by atoms with Gasteiger partial charge in [-0.15, -0.1) is 10.2 Å². The Labute approximate surface area is 164 Å². The minimum atomic E-state index is -0.171. The van der Waals surface area contributed by atoms with E-state index < -0.39 is 0 Å². The summed E-state index contributed by atoms with van der Waals surface area (Å²) >= 11 is 7.20. The first-order valence-electron chi connectivity index (χ1n) is 8.48. The predicted molar refractivity (Wildman–Crippen MR) is 105 cm³/mol. The number of nitrogen functional groups attached to an aromatic ring is 1. The molecule has 0 saturated heterocycles. The van der Waals surface area contributed by atoms with E-state index in [1.165, 1.54) is 16.4 Å². The highest BCUT2D eigenvalue weighted by atomic mass is 35.5. The van der Waals surface area contributed by atoms with Gasteiger partial charge in [0.25, 0.3) is 0 Å². The largest absolute Gasteiger partial charge is 0.335 e. The van der Waals surface area contributed by atoms with E-state index in [2.05, 4.69) is 25.7 Å². The van der Waals surface area contributed by atoms with Crippen LogP contribution in [0.2, 0.25) is 5.02 Å². The second kappa shape index (κ2) is 7.24. The number of aryl methyl sites for hydroxylation is 2. The average Bonchev–Trinajstić information content (AvgIpc) is 3.33. The molecule has 0 aliphatic heterocycles. The lowest BCUT2D eigenvalue weighted by Gasteiger charge is -2.08. The molecule has 27 heavy (non-hydrogen) atoms. The molecule has 0 fully saturated rings. The number of nitrogens with zero attached hydrogens (tertiary/aromatic N) is 4. The smallest absolute Gasteiger partial charge is 0.234 e. The van der Waals surface area contributed by atoms with Crippen LogP contribution in [-0.4, -0.2) is 36.7 Å². The molecule has 2 aromatic heterocycles. The van der Waals surface area contributed by atoms with Crippen LogP contribution >= 0.6 is 23.4 Å². The van der Waals surface area contributed by atoms with Gasteiger partial charge in [-0.05, 0) is 43.9 Å². The highest BCUT2D eigenvalue weighted by Gasteiger charge is 2.24. The number of hydrogen-bond donors (Lipinski definition) is 3. The summed E-state index contributed by atoms with van der Waals surface area (Å²) in [7, 11) is 0. The van der Waals surface area contributed by atoms with Gasteiger partial charge < -0.3 is 11.2 Å². The van der Waals surface area contributed by atoms with E-state index in [9.17, 15) is 4.79 Å². The molecule has 0 unspecified atom stereocenters. The number of anilines is 1. The van der Waals surface area contributed by atoms with Gasteiger partial charge in [-0.1, -0.05) is 29.4 Å². The minimum Gasteiger partial charge on any atom is -0.335 e. The topological polar surface area (TPSA) is 115 Å². The number of nitrogens with one attached hydrogen (secondary N) is 2. The van der Waals surface area contributed by atoms with Gasteiger partial charge >= 0.3 is 0 Å². The zero-order valence-electron chi connectivity index (χ0n) is 14.6. The summed E-state index contributed by atoms with van der Waals surface area (Å²) in [6, 6.07) is 5.36. The Morgan fingerprint density at radius 1 is 1.41 bits per heavy atom. The van der Waals surface area contributed by atoms with Gasteiger partial charge in [-0.25, -0.2) is 4.68 Å². The molecule has 0 saturated carbocycles. The number of amides is 1. The number of carbonyl (C=O) groups is 1. The number of nitrogens with two attached hydrogens (primary N) is 1. The number of halogens is 1. The van der Waals surface area contributed by atoms with Crippen LogP contribution in [0.5, 0.6) is 0 Å². The molecule has 0 spiro atoms. The van der Waals surface area contributed by atoms with E-state index in [1.807, 2.05) is 13.0 Å². The Kier molecular flexibility index (Phi) is 4.79. The third kappa shape index (κ3) is 3.52. The van der Waals surface area contributed by atoms with Crippen LogP contribution in [0.15, 0.2) is 23.4 Å². The van der Waals surface area contributed by atoms with Gasteiger partial charge in [0.05, 0.1) is 5.75 Å². The number of aromatic nitrogens is 5. The fraction of sp³-hybridized carbons (Fsp3) is 0.294. The molecule has 1 aromatic carbocycles. The van der Waals surface area contributed by atoms with Gasteiger partial charge in [0.1, 0.15) is 5.69 Å². The first-order chi connectivity index (χ1) is 13.0. The number of H-pyrrole nitrogens is 1. The number of thioether (sulfide) groups is 1. The minimum absolute atomic E-state index is 0.153. The molecule has 4 rings (SSSR count). The highest BCUT2D eigenvalue weighted by Crippen LogP contribution is 2.30. The van der Waals surface area contributed by atoms with E-state index in [1.54, 1.807) is 12.1 Å². The molecule has 0 atom stereocenters. The molecule has 0 radical (unpaired) electrons. The lowest BCUT2D eigenvalue weighted by molar-refractivity contribution is -0.113.